The Balaban J connectivity index is 1.57. The molecule has 1 aromatic heterocycles. The van der Waals surface area contributed by atoms with Gasteiger partial charge in [0.05, 0.1) is 6.42 Å². The van der Waals surface area contributed by atoms with E-state index >= 15 is 0 Å². The molecule has 3 atom stereocenters. The fraction of sp³-hybridized carbons (Fsp3) is 0.444. The number of rotatable bonds is 7. The molecule has 1 saturated carbocycles. The molecular weight excluding hydrogens is 390 g/mol. The van der Waals surface area contributed by atoms with Gasteiger partial charge in [-0.25, -0.2) is 0 Å². The summed E-state index contributed by atoms with van der Waals surface area (Å²) in [6.45, 7) is 1.20. The third-order valence-electron chi connectivity index (χ3n) is 4.84. The van der Waals surface area contributed by atoms with Crippen molar-refractivity contribution < 1.29 is 23.8 Å². The quantitative estimate of drug-likeness (QED) is 0.389. The van der Waals surface area contributed by atoms with E-state index in [2.05, 4.69) is 10.1 Å². The molecule has 1 fully saturated rings. The molecule has 0 unspecified atom stereocenters. The van der Waals surface area contributed by atoms with Crippen LogP contribution in [0, 0.1) is 27.9 Å². The molecule has 0 bridgehead atoms. The summed E-state index contributed by atoms with van der Waals surface area (Å²) in [7, 11) is 0. The summed E-state index contributed by atoms with van der Waals surface area (Å²) < 4.78 is 10.2. The van der Waals surface area contributed by atoms with E-state index in [1.165, 1.54) is 0 Å². The van der Waals surface area contributed by atoms with Gasteiger partial charge in [0.2, 0.25) is 12.4 Å². The maximum atomic E-state index is 12.1. The van der Waals surface area contributed by atoms with Crippen molar-refractivity contribution in [3.05, 3.63) is 45.3 Å². The van der Waals surface area contributed by atoms with Crippen LogP contribution in [-0.4, -0.2) is 33.4 Å². The molecule has 0 amide bonds. The van der Waals surface area contributed by atoms with E-state index in [1.807, 2.05) is 0 Å². The van der Waals surface area contributed by atoms with Crippen molar-refractivity contribution in [2.45, 2.75) is 26.4 Å². The fourth-order valence-corrected chi connectivity index (χ4v) is 3.63. The lowest BCUT2D eigenvalue weighted by atomic mass is 9.88. The van der Waals surface area contributed by atoms with Gasteiger partial charge in [-0.1, -0.05) is 35.8 Å². The van der Waals surface area contributed by atoms with Gasteiger partial charge in [0.15, 0.2) is 6.61 Å². The van der Waals surface area contributed by atoms with E-state index in [4.69, 9.17) is 20.9 Å². The summed E-state index contributed by atoms with van der Waals surface area (Å²) in [6, 6.07) is 6.89. The first-order chi connectivity index (χ1) is 13.3. The highest BCUT2D eigenvalue weighted by molar-refractivity contribution is 6.30. The normalized spacial score (nSPS) is 21.6. The van der Waals surface area contributed by atoms with E-state index in [0.29, 0.717) is 16.4 Å². The summed E-state index contributed by atoms with van der Waals surface area (Å²) in [6.07, 6.45) is 0.0417. The molecule has 1 heterocycles. The van der Waals surface area contributed by atoms with Gasteiger partial charge in [-0.15, -0.1) is 0 Å². The predicted octanol–water partition coefficient (Wildman–Crippen LogP) is 2.94. The van der Waals surface area contributed by atoms with Crippen LogP contribution in [0.15, 0.2) is 28.8 Å². The van der Waals surface area contributed by atoms with Gasteiger partial charge in [-0.05, 0) is 18.1 Å². The van der Waals surface area contributed by atoms with Crippen LogP contribution >= 0.6 is 11.6 Å². The number of nitrogens with zero attached hydrogens (tertiary/aromatic N) is 3. The van der Waals surface area contributed by atoms with Crippen LogP contribution in [0.5, 0.6) is 0 Å². The molecule has 1 aliphatic carbocycles. The minimum Gasteiger partial charge on any atom is -0.456 e. The smallest absolute Gasteiger partial charge is 0.307 e. The average Bonchev–Trinajstić information content (AvgIpc) is 3.20. The van der Waals surface area contributed by atoms with Crippen LogP contribution in [0.4, 0.5) is 0 Å². The monoisotopic (exact) mass is 407 g/mol. The van der Waals surface area contributed by atoms with E-state index in [-0.39, 0.29) is 43.6 Å². The van der Waals surface area contributed by atoms with E-state index in [0.717, 1.165) is 0 Å². The first kappa shape index (κ1) is 19.9. The third-order valence-corrected chi connectivity index (χ3v) is 5.07. The Hall–Kier alpha value is -2.81. The fourth-order valence-electron chi connectivity index (χ4n) is 3.44. The second-order valence-electron chi connectivity index (χ2n) is 6.82. The molecule has 148 valence electrons. The number of nitro groups is 1. The minimum absolute atomic E-state index is 0.0938. The number of aromatic nitrogens is 2. The molecule has 0 N–H and O–H groups in total. The number of benzene rings is 1. The first-order valence-electron chi connectivity index (χ1n) is 8.72. The zero-order valence-electron chi connectivity index (χ0n) is 15.0. The second-order valence-corrected chi connectivity index (χ2v) is 7.26. The van der Waals surface area contributed by atoms with Crippen LogP contribution in [0.2, 0.25) is 5.02 Å². The van der Waals surface area contributed by atoms with Crippen molar-refractivity contribution in [1.29, 1.82) is 0 Å². The van der Waals surface area contributed by atoms with Gasteiger partial charge in [0.1, 0.15) is 5.78 Å². The number of Topliss-reactive ketones (excluding diaryl/α,β-unsaturated/α-hetero) is 1. The molecule has 28 heavy (non-hydrogen) atoms. The highest BCUT2D eigenvalue weighted by Gasteiger charge is 2.44. The zero-order valence-corrected chi connectivity index (χ0v) is 15.8. The highest BCUT2D eigenvalue weighted by Crippen LogP contribution is 2.36. The van der Waals surface area contributed by atoms with Crippen LogP contribution in [0.25, 0.3) is 11.4 Å². The third kappa shape index (κ3) is 4.72. The number of hydrogen-bond donors (Lipinski definition) is 0. The van der Waals surface area contributed by atoms with E-state index < -0.39 is 22.7 Å². The Kier molecular flexibility index (Phi) is 6.03. The van der Waals surface area contributed by atoms with Gasteiger partial charge in [0.25, 0.3) is 5.89 Å². The molecule has 0 aliphatic heterocycles. The molecule has 3 rings (SSSR count). The number of carbonyl (C=O) groups is 2. The molecule has 1 aromatic carbocycles. The molecule has 0 spiro atoms. The zero-order chi connectivity index (χ0) is 20.3. The highest BCUT2D eigenvalue weighted by atomic mass is 35.5. The summed E-state index contributed by atoms with van der Waals surface area (Å²) in [5.74, 6) is -1.67. The van der Waals surface area contributed by atoms with Gasteiger partial charge in [0, 0.05) is 33.8 Å². The number of hydrogen-bond acceptors (Lipinski definition) is 8. The van der Waals surface area contributed by atoms with Crippen LogP contribution in [-0.2, 0) is 20.9 Å². The lowest BCUT2D eigenvalue weighted by Gasteiger charge is -2.16. The van der Waals surface area contributed by atoms with E-state index in [9.17, 15) is 19.7 Å². The molecule has 2 aromatic rings. The lowest BCUT2D eigenvalue weighted by Crippen LogP contribution is -2.27. The molecule has 10 heteroatoms. The second kappa shape index (κ2) is 8.47. The van der Waals surface area contributed by atoms with Gasteiger partial charge in [-0.2, -0.15) is 4.98 Å². The summed E-state index contributed by atoms with van der Waals surface area (Å²) >= 11 is 5.93. The number of carbonyl (C=O) groups excluding carboxylic acids is 2. The van der Waals surface area contributed by atoms with Crippen molar-refractivity contribution >= 4 is 23.4 Å². The molecule has 9 nitrogen and oxygen atoms in total. The van der Waals surface area contributed by atoms with Gasteiger partial charge in [-0.3, -0.25) is 19.7 Å². The van der Waals surface area contributed by atoms with E-state index in [1.54, 1.807) is 31.2 Å². The number of ketones is 1. The number of esters is 1. The molecular formula is C18H18ClN3O6. The number of ether oxygens (including phenoxy) is 1. The average molecular weight is 408 g/mol. The van der Waals surface area contributed by atoms with Crippen LogP contribution < -0.4 is 0 Å². The Bertz CT molecular complexity index is 899. The Morgan fingerprint density at radius 3 is 2.96 bits per heavy atom. The molecule has 0 radical (unpaired) electrons. The SMILES string of the molecule is C[C@@H]1CC(=O)[C@@H](CC(=O)OCc2nc(-c3cccc(Cl)c3)no2)[C@@H]1C[N+](=O)[O-]. The van der Waals surface area contributed by atoms with Crippen molar-refractivity contribution in [2.75, 3.05) is 6.54 Å². The number of halogens is 1. The standard InChI is InChI=1S/C18H18ClN3O6/c1-10-5-15(23)13(14(10)8-22(25)26)7-17(24)27-9-16-20-18(21-28-16)11-3-2-4-12(19)6-11/h2-4,6,10,13-14H,5,7-9H2,1H3/t10-,13+,14-/m1/s1. The maximum Gasteiger partial charge on any atom is 0.307 e. The van der Waals surface area contributed by atoms with Gasteiger partial charge >= 0.3 is 5.97 Å². The maximum absolute atomic E-state index is 12.1. The van der Waals surface area contributed by atoms with Crippen molar-refractivity contribution in [3.8, 4) is 11.4 Å². The summed E-state index contributed by atoms with van der Waals surface area (Å²) in [4.78, 5) is 38.7. The predicted molar refractivity (Wildman–Crippen MR) is 96.8 cm³/mol. The van der Waals surface area contributed by atoms with Crippen LogP contribution in [0.1, 0.15) is 25.7 Å². The van der Waals surface area contributed by atoms with Crippen molar-refractivity contribution in [3.63, 3.8) is 0 Å². The Labute approximate surface area is 165 Å². The van der Waals surface area contributed by atoms with Crippen molar-refractivity contribution in [2.24, 2.45) is 17.8 Å². The minimum atomic E-state index is -0.697. The van der Waals surface area contributed by atoms with Gasteiger partial charge < -0.3 is 9.26 Å². The largest absolute Gasteiger partial charge is 0.456 e. The molecule has 1 aliphatic rings. The van der Waals surface area contributed by atoms with Crippen molar-refractivity contribution in [1.82, 2.24) is 10.1 Å². The summed E-state index contributed by atoms with van der Waals surface area (Å²) in [5.41, 5.74) is 0.655. The Morgan fingerprint density at radius 1 is 1.46 bits per heavy atom. The Morgan fingerprint density at radius 2 is 2.25 bits per heavy atom. The lowest BCUT2D eigenvalue weighted by molar-refractivity contribution is -0.490. The molecule has 0 saturated heterocycles. The topological polar surface area (TPSA) is 125 Å². The first-order valence-corrected chi connectivity index (χ1v) is 9.10. The summed E-state index contributed by atoms with van der Waals surface area (Å²) in [5, 5.41) is 15.2. The van der Waals surface area contributed by atoms with Crippen LogP contribution in [0.3, 0.4) is 0 Å².